The number of aliphatic hydroxyl groups is 1. The second-order valence-electron chi connectivity index (χ2n) is 11.2. The minimum atomic E-state index is -0.616. The number of benzene rings is 2. The minimum absolute atomic E-state index is 0.0416. The van der Waals surface area contributed by atoms with Crippen LogP contribution in [0.5, 0.6) is 5.75 Å². The molecule has 186 valence electrons. The lowest BCUT2D eigenvalue weighted by atomic mass is 9.52. The van der Waals surface area contributed by atoms with Crippen LogP contribution < -0.4 is 0 Å². The highest BCUT2D eigenvalue weighted by atomic mass is 16.5. The normalized spacial score (nSPS) is 32.4. The average Bonchev–Trinajstić information content (AvgIpc) is 3.57. The number of phenolic OH excluding ortho intramolecular Hbond substituents is 1. The van der Waals surface area contributed by atoms with Crippen LogP contribution in [0.2, 0.25) is 0 Å². The Labute approximate surface area is 209 Å². The molecule has 2 N–H and O–H groups in total. The van der Waals surface area contributed by atoms with Crippen LogP contribution in [-0.2, 0) is 16.0 Å². The number of fused-ring (bicyclic) bond motifs is 2. The Hall–Kier alpha value is -2.43. The first-order valence-electron chi connectivity index (χ1n) is 13.1. The van der Waals surface area contributed by atoms with Gasteiger partial charge in [-0.05, 0) is 66.3 Å². The summed E-state index contributed by atoms with van der Waals surface area (Å²) in [5.74, 6) is 1.06. The molecule has 0 radical (unpaired) electrons. The summed E-state index contributed by atoms with van der Waals surface area (Å²) in [6.07, 6.45) is 6.31. The molecule has 2 aromatic rings. The SMILES string of the molecule is C=C1C2C(CO)CC(C(=O)CCc3cccc(-c4cccc(O)c4)c3)(C2OC)C1(C)C1CCCC1. The van der Waals surface area contributed by atoms with Crippen molar-refractivity contribution in [1.82, 2.24) is 0 Å². The van der Waals surface area contributed by atoms with Crippen LogP contribution in [0.3, 0.4) is 0 Å². The second-order valence-corrected chi connectivity index (χ2v) is 11.2. The summed E-state index contributed by atoms with van der Waals surface area (Å²) < 4.78 is 6.10. The molecule has 5 atom stereocenters. The fourth-order valence-electron chi connectivity index (χ4n) is 8.11. The van der Waals surface area contributed by atoms with Crippen molar-refractivity contribution in [3.63, 3.8) is 0 Å². The van der Waals surface area contributed by atoms with E-state index in [0.717, 1.165) is 35.1 Å². The predicted molar refractivity (Wildman–Crippen MR) is 138 cm³/mol. The third-order valence-corrected chi connectivity index (χ3v) is 9.80. The van der Waals surface area contributed by atoms with E-state index in [1.807, 2.05) is 24.3 Å². The average molecular weight is 475 g/mol. The van der Waals surface area contributed by atoms with Gasteiger partial charge in [0.05, 0.1) is 11.5 Å². The van der Waals surface area contributed by atoms with Gasteiger partial charge in [-0.3, -0.25) is 4.79 Å². The van der Waals surface area contributed by atoms with Gasteiger partial charge in [-0.1, -0.05) is 68.3 Å². The number of hydrogen-bond acceptors (Lipinski definition) is 4. The molecule has 5 rings (SSSR count). The lowest BCUT2D eigenvalue weighted by Gasteiger charge is -2.50. The van der Waals surface area contributed by atoms with E-state index >= 15 is 0 Å². The number of aromatic hydroxyl groups is 1. The third kappa shape index (κ3) is 3.60. The Balaban J connectivity index is 1.44. The van der Waals surface area contributed by atoms with Gasteiger partial charge in [0.15, 0.2) is 0 Å². The fraction of sp³-hybridized carbons (Fsp3) is 0.516. The molecule has 0 saturated heterocycles. The number of Topliss-reactive ketones (excluding diaryl/α,β-unsaturated/α-hetero) is 1. The molecule has 5 unspecified atom stereocenters. The van der Waals surface area contributed by atoms with Crippen LogP contribution in [0, 0.1) is 28.6 Å². The van der Waals surface area contributed by atoms with Crippen molar-refractivity contribution in [2.75, 3.05) is 13.7 Å². The van der Waals surface area contributed by atoms with E-state index in [0.29, 0.717) is 25.2 Å². The highest BCUT2D eigenvalue weighted by Crippen LogP contribution is 2.73. The fourth-order valence-corrected chi connectivity index (χ4v) is 8.11. The van der Waals surface area contributed by atoms with Crippen molar-refractivity contribution in [1.29, 1.82) is 0 Å². The van der Waals surface area contributed by atoms with Gasteiger partial charge in [-0.2, -0.15) is 0 Å². The van der Waals surface area contributed by atoms with E-state index in [1.165, 1.54) is 12.8 Å². The van der Waals surface area contributed by atoms with Crippen molar-refractivity contribution in [2.24, 2.45) is 28.6 Å². The monoisotopic (exact) mass is 474 g/mol. The second kappa shape index (κ2) is 9.22. The van der Waals surface area contributed by atoms with Crippen molar-refractivity contribution in [2.45, 2.75) is 58.0 Å². The van der Waals surface area contributed by atoms with E-state index in [9.17, 15) is 15.0 Å². The standard InChI is InChI=1S/C31H38O4/c1-20-28-24(19-32)18-31(29(28)35-3,30(20,2)25-11-4-5-12-25)27(34)15-14-21-8-6-9-22(16-21)23-10-7-13-26(33)17-23/h6-10,13,16-17,24-25,28-29,32-33H,1,4-5,11-12,14-15,18-19H2,2-3H3. The smallest absolute Gasteiger partial charge is 0.142 e. The molecular formula is C31H38O4. The van der Waals surface area contributed by atoms with Gasteiger partial charge in [-0.15, -0.1) is 0 Å². The molecule has 3 saturated carbocycles. The summed E-state index contributed by atoms with van der Waals surface area (Å²) in [4.78, 5) is 14.3. The molecule has 3 aliphatic rings. The molecule has 0 heterocycles. The molecule has 3 fully saturated rings. The lowest BCUT2D eigenvalue weighted by molar-refractivity contribution is -0.145. The van der Waals surface area contributed by atoms with Crippen LogP contribution in [0.25, 0.3) is 11.1 Å². The summed E-state index contributed by atoms with van der Waals surface area (Å²) in [6, 6.07) is 15.5. The predicted octanol–water partition coefficient (Wildman–Crippen LogP) is 5.96. The van der Waals surface area contributed by atoms with Gasteiger partial charge in [0, 0.05) is 31.5 Å². The number of methoxy groups -OCH3 is 1. The van der Waals surface area contributed by atoms with Crippen LogP contribution >= 0.6 is 0 Å². The maximum atomic E-state index is 14.3. The summed E-state index contributed by atoms with van der Waals surface area (Å²) >= 11 is 0. The Bertz CT molecular complexity index is 1120. The zero-order valence-electron chi connectivity index (χ0n) is 21.0. The highest BCUT2D eigenvalue weighted by molar-refractivity contribution is 5.89. The van der Waals surface area contributed by atoms with Gasteiger partial charge in [-0.25, -0.2) is 0 Å². The molecule has 2 bridgehead atoms. The maximum Gasteiger partial charge on any atom is 0.142 e. The van der Waals surface area contributed by atoms with Crippen molar-refractivity contribution in [3.05, 3.63) is 66.2 Å². The third-order valence-electron chi connectivity index (χ3n) is 9.80. The van der Waals surface area contributed by atoms with Crippen LogP contribution in [0.4, 0.5) is 0 Å². The Morgan fingerprint density at radius 1 is 1.11 bits per heavy atom. The van der Waals surface area contributed by atoms with Crippen molar-refractivity contribution >= 4 is 5.78 Å². The Kier molecular flexibility index (Phi) is 6.39. The van der Waals surface area contributed by atoms with Gasteiger partial charge in [0.25, 0.3) is 0 Å². The first-order valence-corrected chi connectivity index (χ1v) is 13.1. The van der Waals surface area contributed by atoms with Crippen LogP contribution in [0.15, 0.2) is 60.7 Å². The Morgan fingerprint density at radius 2 is 1.80 bits per heavy atom. The van der Waals surface area contributed by atoms with E-state index in [1.54, 1.807) is 19.2 Å². The molecule has 35 heavy (non-hydrogen) atoms. The number of rotatable bonds is 8. The van der Waals surface area contributed by atoms with Crippen LogP contribution in [-0.4, -0.2) is 35.8 Å². The van der Waals surface area contributed by atoms with Crippen molar-refractivity contribution in [3.8, 4) is 16.9 Å². The minimum Gasteiger partial charge on any atom is -0.508 e. The highest BCUT2D eigenvalue weighted by Gasteiger charge is 2.74. The zero-order chi connectivity index (χ0) is 24.8. The molecule has 0 aliphatic heterocycles. The quantitative estimate of drug-likeness (QED) is 0.464. The van der Waals surface area contributed by atoms with Gasteiger partial charge in [0.2, 0.25) is 0 Å². The largest absolute Gasteiger partial charge is 0.508 e. The molecule has 3 aliphatic carbocycles. The van der Waals surface area contributed by atoms with Gasteiger partial charge in [0.1, 0.15) is 11.5 Å². The first-order chi connectivity index (χ1) is 16.9. The maximum absolute atomic E-state index is 14.3. The molecule has 0 spiro atoms. The first kappa shape index (κ1) is 24.3. The molecule has 4 heteroatoms. The Morgan fingerprint density at radius 3 is 2.46 bits per heavy atom. The summed E-state index contributed by atoms with van der Waals surface area (Å²) in [5, 5.41) is 20.1. The van der Waals surface area contributed by atoms with E-state index in [-0.39, 0.29) is 41.5 Å². The number of hydrogen-bond donors (Lipinski definition) is 2. The van der Waals surface area contributed by atoms with Crippen molar-refractivity contribution < 1.29 is 19.7 Å². The molecular weight excluding hydrogens is 436 g/mol. The number of ether oxygens (including phenoxy) is 1. The molecule has 0 amide bonds. The van der Waals surface area contributed by atoms with Gasteiger partial charge >= 0.3 is 0 Å². The summed E-state index contributed by atoms with van der Waals surface area (Å²) in [7, 11) is 1.73. The molecule has 4 nitrogen and oxygen atoms in total. The van der Waals surface area contributed by atoms with E-state index in [2.05, 4.69) is 25.6 Å². The topological polar surface area (TPSA) is 66.8 Å². The van der Waals surface area contributed by atoms with E-state index < -0.39 is 5.41 Å². The van der Waals surface area contributed by atoms with Crippen LogP contribution in [0.1, 0.15) is 51.0 Å². The number of aliphatic hydroxyl groups excluding tert-OH is 1. The van der Waals surface area contributed by atoms with Gasteiger partial charge < -0.3 is 14.9 Å². The molecule has 0 aromatic heterocycles. The van der Waals surface area contributed by atoms with E-state index in [4.69, 9.17) is 4.74 Å². The number of carbonyl (C=O) groups is 1. The summed E-state index contributed by atoms with van der Waals surface area (Å²) in [6.45, 7) is 6.92. The number of aryl methyl sites for hydroxylation is 1. The number of ketones is 1. The summed E-state index contributed by atoms with van der Waals surface area (Å²) in [5.41, 5.74) is 3.35. The molecule has 2 aromatic carbocycles. The lowest BCUT2D eigenvalue weighted by Crippen LogP contribution is -2.52. The number of phenols is 1. The number of carbonyl (C=O) groups excluding carboxylic acids is 1. The zero-order valence-corrected chi connectivity index (χ0v) is 21.0.